The first-order valence-electron chi connectivity index (χ1n) is 8.74. The number of benzene rings is 1. The van der Waals surface area contributed by atoms with E-state index in [2.05, 4.69) is 10.6 Å². The highest BCUT2D eigenvalue weighted by atomic mass is 16.4. The van der Waals surface area contributed by atoms with Gasteiger partial charge in [0.15, 0.2) is 0 Å². The molecule has 2 aromatic rings. The summed E-state index contributed by atoms with van der Waals surface area (Å²) in [4.78, 5) is 48.6. The quantitative estimate of drug-likeness (QED) is 0.540. The summed E-state index contributed by atoms with van der Waals surface area (Å²) in [6.45, 7) is 0.572. The van der Waals surface area contributed by atoms with Crippen molar-refractivity contribution in [3.8, 4) is 0 Å². The van der Waals surface area contributed by atoms with Gasteiger partial charge in [-0.2, -0.15) is 0 Å². The first-order valence-corrected chi connectivity index (χ1v) is 8.74. The lowest BCUT2D eigenvalue weighted by Crippen LogP contribution is -2.50. The number of amides is 3. The Hall–Kier alpha value is -3.88. The van der Waals surface area contributed by atoms with Crippen LogP contribution in [0.15, 0.2) is 59.2 Å². The molecule has 152 valence electrons. The molecule has 0 unspecified atom stereocenters. The Morgan fingerprint density at radius 1 is 1.07 bits per heavy atom. The third-order valence-electron chi connectivity index (χ3n) is 3.83. The standard InChI is InChI=1S/C20H21N3O6/c1-14(20(28)22-12-17(24)21-13-19(26)27)23(15-6-3-2-4-7-15)18(25)10-9-16-8-5-11-29-16/h2-11,14H,12-13H2,1H3,(H,21,24)(H,22,28)(H,26,27)/t14-/m0/s1. The Bertz CT molecular complexity index is 877. The molecule has 0 fully saturated rings. The number of hydrogen-bond acceptors (Lipinski definition) is 5. The van der Waals surface area contributed by atoms with Crippen molar-refractivity contribution in [2.45, 2.75) is 13.0 Å². The highest BCUT2D eigenvalue weighted by molar-refractivity contribution is 6.08. The highest BCUT2D eigenvalue weighted by Crippen LogP contribution is 2.18. The fourth-order valence-corrected chi connectivity index (χ4v) is 2.42. The Kier molecular flexibility index (Phi) is 7.72. The minimum absolute atomic E-state index is 0.407. The molecule has 9 heteroatoms. The molecule has 3 N–H and O–H groups in total. The molecule has 0 spiro atoms. The van der Waals surface area contributed by atoms with E-state index in [0.717, 1.165) is 0 Å². The van der Waals surface area contributed by atoms with Crippen molar-refractivity contribution in [1.82, 2.24) is 10.6 Å². The van der Waals surface area contributed by atoms with Gasteiger partial charge in [0.2, 0.25) is 11.8 Å². The molecule has 1 heterocycles. The number of aliphatic carboxylic acids is 1. The summed E-state index contributed by atoms with van der Waals surface area (Å²) in [5.74, 6) is -2.38. The fourth-order valence-electron chi connectivity index (χ4n) is 2.42. The van der Waals surface area contributed by atoms with E-state index in [-0.39, 0.29) is 0 Å². The van der Waals surface area contributed by atoms with Crippen LogP contribution in [0.3, 0.4) is 0 Å². The normalized spacial score (nSPS) is 11.6. The van der Waals surface area contributed by atoms with Gasteiger partial charge in [0.05, 0.1) is 12.8 Å². The van der Waals surface area contributed by atoms with Crippen LogP contribution >= 0.6 is 0 Å². The molecule has 2 rings (SSSR count). The number of furan rings is 1. The van der Waals surface area contributed by atoms with Crippen molar-refractivity contribution < 1.29 is 28.7 Å². The van der Waals surface area contributed by atoms with Crippen molar-refractivity contribution in [3.05, 3.63) is 60.6 Å². The second-order valence-electron chi connectivity index (χ2n) is 5.96. The van der Waals surface area contributed by atoms with Gasteiger partial charge in [-0.15, -0.1) is 0 Å². The molecule has 0 aliphatic carbocycles. The van der Waals surface area contributed by atoms with Crippen LogP contribution in [-0.4, -0.2) is 47.9 Å². The molecule has 1 atom stereocenters. The third kappa shape index (κ3) is 6.65. The molecule has 1 aromatic heterocycles. The summed E-state index contributed by atoms with van der Waals surface area (Å²) < 4.78 is 5.16. The predicted octanol–water partition coefficient (Wildman–Crippen LogP) is 1.03. The topological polar surface area (TPSA) is 129 Å². The Labute approximate surface area is 167 Å². The number of carboxylic acid groups (broad SMARTS) is 1. The average Bonchev–Trinajstić information content (AvgIpc) is 3.23. The van der Waals surface area contributed by atoms with Crippen LogP contribution in [0.4, 0.5) is 5.69 Å². The van der Waals surface area contributed by atoms with E-state index in [9.17, 15) is 19.2 Å². The van der Waals surface area contributed by atoms with Gasteiger partial charge >= 0.3 is 5.97 Å². The molecular weight excluding hydrogens is 378 g/mol. The maximum Gasteiger partial charge on any atom is 0.322 e. The Morgan fingerprint density at radius 3 is 2.41 bits per heavy atom. The third-order valence-corrected chi connectivity index (χ3v) is 3.83. The number of anilines is 1. The lowest BCUT2D eigenvalue weighted by Gasteiger charge is -2.27. The Morgan fingerprint density at radius 2 is 1.79 bits per heavy atom. The number of carbonyl (C=O) groups excluding carboxylic acids is 3. The minimum atomic E-state index is -1.19. The molecule has 3 amide bonds. The summed E-state index contributed by atoms with van der Waals surface area (Å²) in [7, 11) is 0. The van der Waals surface area contributed by atoms with Gasteiger partial charge in [0.25, 0.3) is 5.91 Å². The number of carboxylic acids is 1. The maximum absolute atomic E-state index is 12.8. The molecule has 0 aliphatic rings. The van der Waals surface area contributed by atoms with Crippen LogP contribution in [-0.2, 0) is 19.2 Å². The summed E-state index contributed by atoms with van der Waals surface area (Å²) in [6.07, 6.45) is 4.25. The molecule has 0 aliphatic heterocycles. The molecule has 0 radical (unpaired) electrons. The molecule has 0 saturated carbocycles. The predicted molar refractivity (Wildman–Crippen MR) is 105 cm³/mol. The summed E-state index contributed by atoms with van der Waals surface area (Å²) in [5.41, 5.74) is 0.500. The van der Waals surface area contributed by atoms with Crippen molar-refractivity contribution in [3.63, 3.8) is 0 Å². The summed E-state index contributed by atoms with van der Waals surface area (Å²) in [5, 5.41) is 13.1. The molecule has 29 heavy (non-hydrogen) atoms. The molecule has 0 bridgehead atoms. The van der Waals surface area contributed by atoms with Crippen molar-refractivity contribution in [1.29, 1.82) is 0 Å². The van der Waals surface area contributed by atoms with Gasteiger partial charge < -0.3 is 20.2 Å². The summed E-state index contributed by atoms with van der Waals surface area (Å²) >= 11 is 0. The largest absolute Gasteiger partial charge is 0.480 e. The first-order chi connectivity index (χ1) is 13.9. The number of nitrogens with zero attached hydrogens (tertiary/aromatic N) is 1. The molecule has 0 saturated heterocycles. The zero-order valence-electron chi connectivity index (χ0n) is 15.7. The van der Waals surface area contributed by atoms with Crippen LogP contribution in [0.2, 0.25) is 0 Å². The van der Waals surface area contributed by atoms with Gasteiger partial charge in [-0.05, 0) is 37.3 Å². The van der Waals surface area contributed by atoms with Crippen molar-refractivity contribution in [2.24, 2.45) is 0 Å². The van der Waals surface area contributed by atoms with Crippen LogP contribution in [0, 0.1) is 0 Å². The van der Waals surface area contributed by atoms with Crippen LogP contribution in [0.1, 0.15) is 12.7 Å². The van der Waals surface area contributed by atoms with E-state index in [0.29, 0.717) is 11.4 Å². The smallest absolute Gasteiger partial charge is 0.322 e. The van der Waals surface area contributed by atoms with Crippen LogP contribution in [0.5, 0.6) is 0 Å². The number of hydrogen-bond donors (Lipinski definition) is 3. The van der Waals surface area contributed by atoms with Gasteiger partial charge in [-0.25, -0.2) is 0 Å². The van der Waals surface area contributed by atoms with Gasteiger partial charge in [-0.3, -0.25) is 24.1 Å². The van der Waals surface area contributed by atoms with Gasteiger partial charge in [0, 0.05) is 11.8 Å². The average molecular weight is 399 g/mol. The van der Waals surface area contributed by atoms with Crippen molar-refractivity contribution >= 4 is 35.5 Å². The Balaban J connectivity index is 2.09. The lowest BCUT2D eigenvalue weighted by molar-refractivity contribution is -0.137. The molecule has 1 aromatic carbocycles. The minimum Gasteiger partial charge on any atom is -0.480 e. The first kappa shape index (κ1) is 21.4. The van der Waals surface area contributed by atoms with Crippen LogP contribution < -0.4 is 15.5 Å². The van der Waals surface area contributed by atoms with E-state index in [4.69, 9.17) is 9.52 Å². The summed E-state index contributed by atoms with van der Waals surface area (Å²) in [6, 6.07) is 11.0. The number of para-hydroxylation sites is 1. The molecular formula is C20H21N3O6. The molecule has 9 nitrogen and oxygen atoms in total. The number of nitrogens with one attached hydrogen (secondary N) is 2. The maximum atomic E-state index is 12.8. The SMILES string of the molecule is C[C@@H](C(=O)NCC(=O)NCC(=O)O)N(C(=O)C=Cc1ccco1)c1ccccc1. The zero-order chi connectivity index (χ0) is 21.2. The van der Waals surface area contributed by atoms with E-state index < -0.39 is 42.8 Å². The van der Waals surface area contributed by atoms with E-state index in [1.54, 1.807) is 42.5 Å². The fraction of sp³-hybridized carbons (Fsp3) is 0.200. The van der Waals surface area contributed by atoms with E-state index in [1.807, 2.05) is 0 Å². The second-order valence-corrected chi connectivity index (χ2v) is 5.96. The number of carbonyl (C=O) groups is 4. The lowest BCUT2D eigenvalue weighted by atomic mass is 10.2. The van der Waals surface area contributed by atoms with E-state index in [1.165, 1.54) is 30.2 Å². The second kappa shape index (κ2) is 10.5. The van der Waals surface area contributed by atoms with Crippen LogP contribution in [0.25, 0.3) is 6.08 Å². The van der Waals surface area contributed by atoms with E-state index >= 15 is 0 Å². The number of rotatable bonds is 9. The van der Waals surface area contributed by atoms with Gasteiger partial charge in [0.1, 0.15) is 18.3 Å². The zero-order valence-corrected chi connectivity index (χ0v) is 15.7. The highest BCUT2D eigenvalue weighted by Gasteiger charge is 2.26. The van der Waals surface area contributed by atoms with Gasteiger partial charge in [-0.1, -0.05) is 18.2 Å². The van der Waals surface area contributed by atoms with Crippen molar-refractivity contribution in [2.75, 3.05) is 18.0 Å². The monoisotopic (exact) mass is 399 g/mol.